The maximum atomic E-state index is 5.84. The van der Waals surface area contributed by atoms with Gasteiger partial charge in [0.05, 0.1) is 10.6 Å². The van der Waals surface area contributed by atoms with Crippen LogP contribution in [0.4, 0.5) is 0 Å². The van der Waals surface area contributed by atoms with Gasteiger partial charge < -0.3 is 4.74 Å². The van der Waals surface area contributed by atoms with Gasteiger partial charge in [0.2, 0.25) is 0 Å². The fourth-order valence-electron chi connectivity index (χ4n) is 2.55. The van der Waals surface area contributed by atoms with Gasteiger partial charge >= 0.3 is 0 Å². The topological polar surface area (TPSA) is 9.23 Å². The lowest BCUT2D eigenvalue weighted by atomic mass is 9.94. The Morgan fingerprint density at radius 2 is 2.06 bits per heavy atom. The number of benzene rings is 1. The summed E-state index contributed by atoms with van der Waals surface area (Å²) < 4.78 is 6.94. The third-order valence-electron chi connectivity index (χ3n) is 3.42. The van der Waals surface area contributed by atoms with Crippen LogP contribution in [0.3, 0.4) is 0 Å². The van der Waals surface area contributed by atoms with Crippen molar-refractivity contribution in [3.05, 3.63) is 27.7 Å². The molecule has 0 spiro atoms. The van der Waals surface area contributed by atoms with E-state index in [1.54, 1.807) is 0 Å². The first-order chi connectivity index (χ1) is 8.08. The lowest BCUT2D eigenvalue weighted by Crippen LogP contribution is -2.07. The molecule has 0 N–H and O–H groups in total. The summed E-state index contributed by atoms with van der Waals surface area (Å²) in [7, 11) is 0. The number of hydrogen-bond acceptors (Lipinski definition) is 1. The molecule has 1 nitrogen and oxygen atoms in total. The van der Waals surface area contributed by atoms with Gasteiger partial charge in [-0.2, -0.15) is 0 Å². The lowest BCUT2D eigenvalue weighted by Gasteiger charge is -2.17. The summed E-state index contributed by atoms with van der Waals surface area (Å²) in [4.78, 5) is 0. The van der Waals surface area contributed by atoms with Gasteiger partial charge in [0, 0.05) is 0 Å². The Morgan fingerprint density at radius 1 is 1.29 bits per heavy atom. The number of ether oxygens (including phenoxy) is 1. The van der Waals surface area contributed by atoms with Gasteiger partial charge in [-0.25, -0.2) is 0 Å². The first kappa shape index (κ1) is 12.9. The zero-order valence-corrected chi connectivity index (χ0v) is 12.5. The second-order valence-electron chi connectivity index (χ2n) is 5.29. The SMILES string of the molecule is CC(C)Oc1cc2c(cc1Br)C(C)CCCC2. The van der Waals surface area contributed by atoms with Gasteiger partial charge in [0.1, 0.15) is 5.75 Å². The second kappa shape index (κ2) is 5.43. The van der Waals surface area contributed by atoms with Crippen LogP contribution in [0.1, 0.15) is 57.1 Å². The fourth-order valence-corrected chi connectivity index (χ4v) is 3.01. The fraction of sp³-hybridized carbons (Fsp3) is 0.600. The molecule has 0 aromatic heterocycles. The summed E-state index contributed by atoms with van der Waals surface area (Å²) in [6, 6.07) is 4.50. The Balaban J connectivity index is 2.37. The van der Waals surface area contributed by atoms with Crippen molar-refractivity contribution in [2.75, 3.05) is 0 Å². The molecule has 2 rings (SSSR count). The van der Waals surface area contributed by atoms with E-state index in [2.05, 4.69) is 48.8 Å². The first-order valence-electron chi connectivity index (χ1n) is 6.57. The van der Waals surface area contributed by atoms with Gasteiger partial charge in [-0.3, -0.25) is 0 Å². The van der Waals surface area contributed by atoms with E-state index >= 15 is 0 Å². The Bertz CT molecular complexity index is 398. The third-order valence-corrected chi connectivity index (χ3v) is 4.04. The molecule has 1 aromatic carbocycles. The molecule has 0 aliphatic heterocycles. The molecule has 0 saturated heterocycles. The van der Waals surface area contributed by atoms with E-state index in [1.165, 1.54) is 36.8 Å². The highest BCUT2D eigenvalue weighted by atomic mass is 79.9. The largest absolute Gasteiger partial charge is 0.490 e. The average Bonchev–Trinajstić information content (AvgIpc) is 2.42. The number of halogens is 1. The monoisotopic (exact) mass is 296 g/mol. The molecule has 1 atom stereocenters. The van der Waals surface area contributed by atoms with Crippen LogP contribution >= 0.6 is 15.9 Å². The van der Waals surface area contributed by atoms with Gasteiger partial charge in [-0.1, -0.05) is 13.3 Å². The molecule has 1 aliphatic carbocycles. The van der Waals surface area contributed by atoms with Crippen LogP contribution in [-0.4, -0.2) is 6.10 Å². The predicted octanol–water partition coefficient (Wildman–Crippen LogP) is 5.07. The standard InChI is InChI=1S/C15H21BrO/c1-10(2)17-15-8-12-7-5-4-6-11(3)13(12)9-14(15)16/h8-11H,4-7H2,1-3H3. The molecule has 1 unspecified atom stereocenters. The molecule has 0 fully saturated rings. The summed E-state index contributed by atoms with van der Waals surface area (Å²) in [6.45, 7) is 6.47. The van der Waals surface area contributed by atoms with Crippen molar-refractivity contribution >= 4 is 15.9 Å². The number of rotatable bonds is 2. The van der Waals surface area contributed by atoms with Crippen molar-refractivity contribution in [2.45, 2.75) is 58.5 Å². The minimum atomic E-state index is 0.229. The molecular weight excluding hydrogens is 276 g/mol. The molecule has 94 valence electrons. The summed E-state index contributed by atoms with van der Waals surface area (Å²) in [5.74, 6) is 1.67. The maximum absolute atomic E-state index is 5.84. The molecule has 0 radical (unpaired) electrons. The summed E-state index contributed by atoms with van der Waals surface area (Å²) >= 11 is 3.63. The van der Waals surface area contributed by atoms with E-state index in [0.29, 0.717) is 5.92 Å². The number of aryl methyl sites for hydroxylation is 1. The van der Waals surface area contributed by atoms with Crippen molar-refractivity contribution in [1.29, 1.82) is 0 Å². The smallest absolute Gasteiger partial charge is 0.134 e. The normalized spacial score (nSPS) is 19.9. The van der Waals surface area contributed by atoms with Gasteiger partial charge in [0.25, 0.3) is 0 Å². The summed E-state index contributed by atoms with van der Waals surface area (Å²) in [5.41, 5.74) is 2.99. The van der Waals surface area contributed by atoms with Crippen LogP contribution in [0.2, 0.25) is 0 Å². The van der Waals surface area contributed by atoms with Crippen LogP contribution in [0.5, 0.6) is 5.75 Å². The first-order valence-corrected chi connectivity index (χ1v) is 7.36. The van der Waals surface area contributed by atoms with E-state index in [4.69, 9.17) is 4.74 Å². The Morgan fingerprint density at radius 3 is 2.76 bits per heavy atom. The quantitative estimate of drug-likeness (QED) is 0.693. The van der Waals surface area contributed by atoms with Crippen molar-refractivity contribution in [3.63, 3.8) is 0 Å². The van der Waals surface area contributed by atoms with Crippen LogP contribution in [-0.2, 0) is 6.42 Å². The van der Waals surface area contributed by atoms with E-state index in [1.807, 2.05) is 0 Å². The third kappa shape index (κ3) is 3.04. The molecule has 0 saturated carbocycles. The molecule has 0 bridgehead atoms. The van der Waals surface area contributed by atoms with Gasteiger partial charge in [0.15, 0.2) is 0 Å². The molecule has 0 amide bonds. The Hall–Kier alpha value is -0.500. The summed E-state index contributed by atoms with van der Waals surface area (Å²) in [5, 5.41) is 0. The minimum absolute atomic E-state index is 0.229. The zero-order valence-electron chi connectivity index (χ0n) is 10.9. The zero-order chi connectivity index (χ0) is 12.4. The van der Waals surface area contributed by atoms with E-state index in [9.17, 15) is 0 Å². The molecule has 17 heavy (non-hydrogen) atoms. The van der Waals surface area contributed by atoms with Crippen LogP contribution < -0.4 is 4.74 Å². The highest BCUT2D eigenvalue weighted by Crippen LogP contribution is 2.37. The van der Waals surface area contributed by atoms with Crippen LogP contribution in [0.15, 0.2) is 16.6 Å². The lowest BCUT2D eigenvalue weighted by molar-refractivity contribution is 0.240. The van der Waals surface area contributed by atoms with Crippen molar-refractivity contribution < 1.29 is 4.74 Å². The number of hydrogen-bond donors (Lipinski definition) is 0. The van der Waals surface area contributed by atoms with Crippen molar-refractivity contribution in [2.24, 2.45) is 0 Å². The summed E-state index contributed by atoms with van der Waals surface area (Å²) in [6.07, 6.45) is 5.38. The second-order valence-corrected chi connectivity index (χ2v) is 6.15. The molecule has 2 heteroatoms. The van der Waals surface area contributed by atoms with E-state index < -0.39 is 0 Å². The maximum Gasteiger partial charge on any atom is 0.134 e. The van der Waals surface area contributed by atoms with Gasteiger partial charge in [-0.05, 0) is 78.2 Å². The Labute approximate surface area is 113 Å². The molecule has 0 heterocycles. The highest BCUT2D eigenvalue weighted by molar-refractivity contribution is 9.10. The average molecular weight is 297 g/mol. The Kier molecular flexibility index (Phi) is 4.13. The van der Waals surface area contributed by atoms with Crippen molar-refractivity contribution in [3.8, 4) is 5.75 Å². The van der Waals surface area contributed by atoms with Gasteiger partial charge in [-0.15, -0.1) is 0 Å². The van der Waals surface area contributed by atoms with Crippen LogP contribution in [0, 0.1) is 0 Å². The molecule has 1 aliphatic rings. The van der Waals surface area contributed by atoms with E-state index in [-0.39, 0.29) is 6.10 Å². The number of fused-ring (bicyclic) bond motifs is 1. The molecule has 1 aromatic rings. The van der Waals surface area contributed by atoms with Crippen molar-refractivity contribution in [1.82, 2.24) is 0 Å². The van der Waals surface area contributed by atoms with Crippen LogP contribution in [0.25, 0.3) is 0 Å². The minimum Gasteiger partial charge on any atom is -0.490 e. The van der Waals surface area contributed by atoms with E-state index in [0.717, 1.165) is 10.2 Å². The highest BCUT2D eigenvalue weighted by Gasteiger charge is 2.17. The predicted molar refractivity (Wildman–Crippen MR) is 75.9 cm³/mol. The molecular formula is C15H21BrO.